The number of ketones is 1. The normalized spacial score (nSPS) is 15.9. The molecule has 0 saturated heterocycles. The molecule has 3 aromatic heterocycles. The molecule has 0 unspecified atom stereocenters. The number of pyridine rings is 1. The highest BCUT2D eigenvalue weighted by atomic mass is 32.1. The third-order valence-electron chi connectivity index (χ3n) is 7.05. The zero-order valence-electron chi connectivity index (χ0n) is 19.4. The molecule has 0 spiro atoms. The molecule has 0 aliphatic carbocycles. The molecule has 2 aliphatic heterocycles. The number of carbonyl (C=O) groups is 1. The lowest BCUT2D eigenvalue weighted by atomic mass is 9.95. The van der Waals surface area contributed by atoms with Gasteiger partial charge in [0.25, 0.3) is 0 Å². The molecule has 0 amide bonds. The number of Topliss-reactive ketones (excluding diaryl/α,β-unsaturated/α-hetero) is 1. The Balaban J connectivity index is 0.00000253. The van der Waals surface area contributed by atoms with E-state index in [4.69, 9.17) is 4.98 Å². The Bertz CT molecular complexity index is 1350. The van der Waals surface area contributed by atoms with Crippen molar-refractivity contribution in [2.45, 2.75) is 45.7 Å². The molecular weight excluding hydrogens is 460 g/mol. The van der Waals surface area contributed by atoms with Gasteiger partial charge in [-0.05, 0) is 54.6 Å². The average Bonchev–Trinajstić information content (AvgIpc) is 3.43. The first-order chi connectivity index (χ1) is 16.7. The molecule has 176 valence electrons. The third kappa shape index (κ3) is 4.22. The molecule has 4 aromatic rings. The zero-order valence-corrected chi connectivity index (χ0v) is 21.0. The summed E-state index contributed by atoms with van der Waals surface area (Å²) in [4.78, 5) is 27.3. The van der Waals surface area contributed by atoms with Crippen molar-refractivity contribution in [3.8, 4) is 10.6 Å². The fraction of sp³-hybridized carbons (Fsp3) is 0.370. The van der Waals surface area contributed by atoms with Crippen molar-refractivity contribution in [2.75, 3.05) is 19.6 Å². The Morgan fingerprint density at radius 1 is 1.21 bits per heavy atom. The first-order valence-corrected chi connectivity index (χ1v) is 13.7. The van der Waals surface area contributed by atoms with Crippen molar-refractivity contribution in [3.05, 3.63) is 68.7 Å². The standard InChI is InChI=1S/C27H28N4OS2.H2/c1-17-3-2-4-18-16-31(12-8-20(17)18)11-7-19(32)13-24-26(21-5-9-29-15-25(21)33-24)27-30-22-14-28-10-6-23(22)34-27;/h2-4,6,10,14,29H,5,7-9,11-13,15-16H2,1H3;1H. The summed E-state index contributed by atoms with van der Waals surface area (Å²) in [5.41, 5.74) is 7.86. The lowest BCUT2D eigenvalue weighted by Crippen LogP contribution is -2.32. The van der Waals surface area contributed by atoms with Crippen LogP contribution in [0.3, 0.4) is 0 Å². The highest BCUT2D eigenvalue weighted by Crippen LogP contribution is 2.41. The zero-order chi connectivity index (χ0) is 23.1. The summed E-state index contributed by atoms with van der Waals surface area (Å²) in [7, 11) is 0. The van der Waals surface area contributed by atoms with Crippen molar-refractivity contribution < 1.29 is 6.22 Å². The Kier molecular flexibility index (Phi) is 6.03. The predicted octanol–water partition coefficient (Wildman–Crippen LogP) is 5.18. The Labute approximate surface area is 209 Å². The molecular formula is C27H30N4OS2. The van der Waals surface area contributed by atoms with Gasteiger partial charge in [0.15, 0.2) is 0 Å². The fourth-order valence-corrected chi connectivity index (χ4v) is 7.70. The number of fused-ring (bicyclic) bond motifs is 3. The topological polar surface area (TPSA) is 58.1 Å². The van der Waals surface area contributed by atoms with Gasteiger partial charge in [-0.1, -0.05) is 18.2 Å². The largest absolute Gasteiger partial charge is 0.312 e. The smallest absolute Gasteiger partial charge is 0.139 e. The van der Waals surface area contributed by atoms with Crippen LogP contribution in [0.1, 0.15) is 39.9 Å². The van der Waals surface area contributed by atoms with Gasteiger partial charge >= 0.3 is 0 Å². The number of nitrogens with one attached hydrogen (secondary N) is 1. The van der Waals surface area contributed by atoms with Gasteiger partial charge < -0.3 is 5.32 Å². The van der Waals surface area contributed by atoms with Crippen LogP contribution in [0.4, 0.5) is 0 Å². The number of hydrogen-bond acceptors (Lipinski definition) is 7. The van der Waals surface area contributed by atoms with Crippen LogP contribution in [0, 0.1) is 6.92 Å². The minimum atomic E-state index is 0. The first kappa shape index (κ1) is 22.0. The first-order valence-electron chi connectivity index (χ1n) is 12.0. The molecule has 0 fully saturated rings. The molecule has 34 heavy (non-hydrogen) atoms. The maximum atomic E-state index is 13.2. The fourth-order valence-electron chi connectivity index (χ4n) is 5.25. The number of aromatic nitrogens is 2. The van der Waals surface area contributed by atoms with Crippen LogP contribution >= 0.6 is 22.7 Å². The number of carbonyl (C=O) groups excluding carboxylic acids is 1. The third-order valence-corrected chi connectivity index (χ3v) is 9.33. The van der Waals surface area contributed by atoms with Crippen LogP contribution < -0.4 is 5.32 Å². The van der Waals surface area contributed by atoms with Crippen molar-refractivity contribution in [3.63, 3.8) is 0 Å². The summed E-state index contributed by atoms with van der Waals surface area (Å²) in [5, 5.41) is 4.52. The Hall–Kier alpha value is -2.45. The second kappa shape index (κ2) is 9.30. The molecule has 6 rings (SSSR count). The molecule has 5 heterocycles. The van der Waals surface area contributed by atoms with E-state index in [1.807, 2.05) is 18.5 Å². The van der Waals surface area contributed by atoms with E-state index in [1.165, 1.54) is 37.6 Å². The summed E-state index contributed by atoms with van der Waals surface area (Å²) in [6.45, 7) is 6.89. The second-order valence-corrected chi connectivity index (χ2v) is 11.5. The number of benzene rings is 1. The van der Waals surface area contributed by atoms with E-state index in [-0.39, 0.29) is 1.43 Å². The van der Waals surface area contributed by atoms with Gasteiger partial charge in [-0.3, -0.25) is 14.7 Å². The van der Waals surface area contributed by atoms with Crippen LogP contribution in [-0.4, -0.2) is 40.3 Å². The molecule has 0 radical (unpaired) electrons. The number of aryl methyl sites for hydroxylation is 1. The van der Waals surface area contributed by atoms with Gasteiger partial charge in [0.1, 0.15) is 16.3 Å². The maximum absolute atomic E-state index is 13.2. The highest BCUT2D eigenvalue weighted by Gasteiger charge is 2.25. The maximum Gasteiger partial charge on any atom is 0.139 e. The summed E-state index contributed by atoms with van der Waals surface area (Å²) >= 11 is 3.52. The van der Waals surface area contributed by atoms with Crippen LogP contribution in [0.25, 0.3) is 20.8 Å². The molecule has 0 saturated carbocycles. The van der Waals surface area contributed by atoms with Gasteiger partial charge in [0.05, 0.1) is 10.9 Å². The number of rotatable bonds is 6. The average molecular weight is 491 g/mol. The molecule has 0 atom stereocenters. The molecule has 5 nitrogen and oxygen atoms in total. The van der Waals surface area contributed by atoms with Gasteiger partial charge in [0, 0.05) is 62.0 Å². The molecule has 7 heteroatoms. The van der Waals surface area contributed by atoms with Crippen LogP contribution in [0.2, 0.25) is 0 Å². The number of hydrogen-bond donors (Lipinski definition) is 1. The number of thiazole rings is 1. The summed E-state index contributed by atoms with van der Waals surface area (Å²) in [5.74, 6) is 0.325. The SMILES string of the molecule is Cc1cccc2c1CCN(CCC(=O)Cc1sc3c(c1-c1nc4cnccc4s1)CCNC3)C2.[HH]. The van der Waals surface area contributed by atoms with Crippen LogP contribution in [0.5, 0.6) is 0 Å². The molecule has 0 bridgehead atoms. The number of thiophene rings is 1. The van der Waals surface area contributed by atoms with Gasteiger partial charge in [0.2, 0.25) is 0 Å². The minimum Gasteiger partial charge on any atom is -0.312 e. The summed E-state index contributed by atoms with van der Waals surface area (Å²) < 4.78 is 1.15. The monoisotopic (exact) mass is 490 g/mol. The van der Waals surface area contributed by atoms with E-state index in [0.717, 1.165) is 60.8 Å². The van der Waals surface area contributed by atoms with E-state index >= 15 is 0 Å². The van der Waals surface area contributed by atoms with Crippen molar-refractivity contribution in [2.24, 2.45) is 0 Å². The van der Waals surface area contributed by atoms with E-state index in [2.05, 4.69) is 40.3 Å². The van der Waals surface area contributed by atoms with Crippen molar-refractivity contribution in [1.82, 2.24) is 20.2 Å². The molecule has 1 N–H and O–H groups in total. The van der Waals surface area contributed by atoms with Crippen molar-refractivity contribution in [1.29, 1.82) is 0 Å². The molecule has 1 aromatic carbocycles. The highest BCUT2D eigenvalue weighted by molar-refractivity contribution is 7.22. The van der Waals surface area contributed by atoms with Gasteiger partial charge in [-0.25, -0.2) is 4.98 Å². The predicted molar refractivity (Wildman–Crippen MR) is 142 cm³/mol. The quantitative estimate of drug-likeness (QED) is 0.404. The van der Waals surface area contributed by atoms with Gasteiger partial charge in [-0.15, -0.1) is 22.7 Å². The van der Waals surface area contributed by atoms with E-state index < -0.39 is 0 Å². The van der Waals surface area contributed by atoms with Gasteiger partial charge in [-0.2, -0.15) is 0 Å². The van der Waals surface area contributed by atoms with E-state index in [1.54, 1.807) is 22.7 Å². The number of nitrogens with zero attached hydrogens (tertiary/aromatic N) is 3. The summed E-state index contributed by atoms with van der Waals surface area (Å²) in [6, 6.07) is 8.61. The molecule has 2 aliphatic rings. The lowest BCUT2D eigenvalue weighted by Gasteiger charge is -2.29. The Morgan fingerprint density at radius 3 is 3.06 bits per heavy atom. The van der Waals surface area contributed by atoms with Crippen molar-refractivity contribution >= 4 is 38.7 Å². The minimum absolute atomic E-state index is 0. The summed E-state index contributed by atoms with van der Waals surface area (Å²) in [6.07, 6.45) is 6.84. The van der Waals surface area contributed by atoms with Crippen LogP contribution in [-0.2, 0) is 37.1 Å². The van der Waals surface area contributed by atoms with E-state index in [9.17, 15) is 4.79 Å². The van der Waals surface area contributed by atoms with Crippen LogP contribution in [0.15, 0.2) is 36.7 Å². The van der Waals surface area contributed by atoms with E-state index in [0.29, 0.717) is 18.6 Å². The second-order valence-electron chi connectivity index (χ2n) is 9.30. The lowest BCUT2D eigenvalue weighted by molar-refractivity contribution is -0.118. The Morgan fingerprint density at radius 2 is 2.15 bits per heavy atom.